The Hall–Kier alpha value is -0.140. The van der Waals surface area contributed by atoms with Gasteiger partial charge in [0.25, 0.3) is 0 Å². The highest BCUT2D eigenvalue weighted by molar-refractivity contribution is 14.1. The molecule has 1 heterocycles. The Morgan fingerprint density at radius 1 is 1.31 bits per heavy atom. The summed E-state index contributed by atoms with van der Waals surface area (Å²) in [6, 6.07) is 7.05. The average molecular weight is 351 g/mol. The molecule has 0 spiro atoms. The second-order valence-corrected chi connectivity index (χ2v) is 7.76. The van der Waals surface area contributed by atoms with Gasteiger partial charge in [-0.3, -0.25) is 0 Å². The summed E-state index contributed by atoms with van der Waals surface area (Å²) in [6.45, 7) is 3.23. The molecule has 1 aliphatic heterocycles. The smallest absolute Gasteiger partial charge is 0.207 e. The normalized spacial score (nSPS) is 22.5. The zero-order valence-corrected chi connectivity index (χ0v) is 12.0. The molecular formula is C11H14INO2S. The van der Waals surface area contributed by atoms with E-state index in [4.69, 9.17) is 0 Å². The Bertz CT molecular complexity index is 469. The van der Waals surface area contributed by atoms with E-state index in [0.29, 0.717) is 21.9 Å². The highest BCUT2D eigenvalue weighted by atomic mass is 127. The summed E-state index contributed by atoms with van der Waals surface area (Å²) in [7, 11) is -3.26. The standard InChI is InChI=1S/C11H14INO2S/c1-9-2-4-11(5-3-9)16(14,15)13-7-6-10(12)8-13/h2-5,10H,6-8H2,1H3. The Balaban J connectivity index is 2.29. The van der Waals surface area contributed by atoms with Crippen LogP contribution in [0.25, 0.3) is 0 Å². The monoisotopic (exact) mass is 351 g/mol. The largest absolute Gasteiger partial charge is 0.243 e. The lowest BCUT2D eigenvalue weighted by Gasteiger charge is -2.15. The first-order chi connectivity index (χ1) is 7.50. The van der Waals surface area contributed by atoms with E-state index in [9.17, 15) is 8.42 Å². The zero-order chi connectivity index (χ0) is 11.8. The fourth-order valence-electron chi connectivity index (χ4n) is 1.77. The van der Waals surface area contributed by atoms with Crippen molar-refractivity contribution < 1.29 is 8.42 Å². The van der Waals surface area contributed by atoms with Gasteiger partial charge in [-0.25, -0.2) is 8.42 Å². The van der Waals surface area contributed by atoms with Crippen molar-refractivity contribution in [1.82, 2.24) is 4.31 Å². The predicted octanol–water partition coefficient (Wildman–Crippen LogP) is 2.19. The van der Waals surface area contributed by atoms with Gasteiger partial charge in [0, 0.05) is 17.0 Å². The Morgan fingerprint density at radius 3 is 2.44 bits per heavy atom. The van der Waals surface area contributed by atoms with Crippen LogP contribution in [-0.2, 0) is 10.0 Å². The molecule has 1 aromatic carbocycles. The van der Waals surface area contributed by atoms with Gasteiger partial charge in [-0.1, -0.05) is 40.3 Å². The second-order valence-electron chi connectivity index (χ2n) is 4.06. The lowest BCUT2D eigenvalue weighted by molar-refractivity contribution is 0.478. The van der Waals surface area contributed by atoms with Crippen molar-refractivity contribution in [3.63, 3.8) is 0 Å². The summed E-state index contributed by atoms with van der Waals surface area (Å²) in [4.78, 5) is 0.406. The van der Waals surface area contributed by atoms with Gasteiger partial charge in [-0.05, 0) is 25.5 Å². The molecule has 1 atom stereocenters. The minimum Gasteiger partial charge on any atom is -0.207 e. The topological polar surface area (TPSA) is 37.4 Å². The van der Waals surface area contributed by atoms with Crippen LogP contribution < -0.4 is 0 Å². The maximum atomic E-state index is 12.2. The van der Waals surface area contributed by atoms with Gasteiger partial charge in [0.05, 0.1) is 4.90 Å². The summed E-state index contributed by atoms with van der Waals surface area (Å²) in [5, 5.41) is 0. The minimum atomic E-state index is -3.26. The molecule has 0 bridgehead atoms. The summed E-state index contributed by atoms with van der Waals surface area (Å²) < 4.78 is 26.4. The van der Waals surface area contributed by atoms with Crippen LogP contribution in [0.3, 0.4) is 0 Å². The van der Waals surface area contributed by atoms with Crippen molar-refractivity contribution in [2.45, 2.75) is 22.2 Å². The first kappa shape index (κ1) is 12.3. The van der Waals surface area contributed by atoms with Crippen LogP contribution in [0.2, 0.25) is 0 Å². The molecule has 0 radical (unpaired) electrons. The third kappa shape index (κ3) is 2.41. The van der Waals surface area contributed by atoms with E-state index in [2.05, 4.69) is 22.6 Å². The number of rotatable bonds is 2. The lowest BCUT2D eigenvalue weighted by Crippen LogP contribution is -2.28. The molecule has 0 saturated carbocycles. The second kappa shape index (κ2) is 4.62. The molecule has 16 heavy (non-hydrogen) atoms. The van der Waals surface area contributed by atoms with Gasteiger partial charge < -0.3 is 0 Å². The lowest BCUT2D eigenvalue weighted by atomic mass is 10.2. The average Bonchev–Trinajstić information content (AvgIpc) is 2.66. The number of alkyl halides is 1. The third-order valence-corrected chi connectivity index (χ3v) is 5.65. The van der Waals surface area contributed by atoms with Crippen molar-refractivity contribution in [3.8, 4) is 0 Å². The molecule has 2 rings (SSSR count). The van der Waals surface area contributed by atoms with Crippen molar-refractivity contribution in [1.29, 1.82) is 0 Å². The highest BCUT2D eigenvalue weighted by Gasteiger charge is 2.30. The molecule has 1 fully saturated rings. The van der Waals surface area contributed by atoms with Crippen molar-refractivity contribution >= 4 is 32.6 Å². The summed E-state index contributed by atoms with van der Waals surface area (Å²) in [5.41, 5.74) is 1.08. The first-order valence-corrected chi connectivity index (χ1v) is 7.89. The zero-order valence-electron chi connectivity index (χ0n) is 9.06. The van der Waals surface area contributed by atoms with Crippen LogP contribution in [0.1, 0.15) is 12.0 Å². The van der Waals surface area contributed by atoms with Gasteiger partial charge in [0.2, 0.25) is 10.0 Å². The molecule has 0 amide bonds. The third-order valence-electron chi connectivity index (χ3n) is 2.75. The maximum Gasteiger partial charge on any atom is 0.243 e. The highest BCUT2D eigenvalue weighted by Crippen LogP contribution is 2.24. The Labute approximate surface area is 110 Å². The molecule has 1 aromatic rings. The van der Waals surface area contributed by atoms with E-state index in [0.717, 1.165) is 12.0 Å². The number of aryl methyl sites for hydroxylation is 1. The Kier molecular flexibility index (Phi) is 3.56. The fourth-order valence-corrected chi connectivity index (χ4v) is 4.29. The van der Waals surface area contributed by atoms with Crippen LogP contribution in [0.15, 0.2) is 29.2 Å². The molecule has 0 aromatic heterocycles. The number of hydrogen-bond acceptors (Lipinski definition) is 2. The summed E-state index contributed by atoms with van der Waals surface area (Å²) >= 11 is 2.31. The summed E-state index contributed by atoms with van der Waals surface area (Å²) in [5.74, 6) is 0. The van der Waals surface area contributed by atoms with Crippen LogP contribution in [0.5, 0.6) is 0 Å². The van der Waals surface area contributed by atoms with Gasteiger partial charge >= 0.3 is 0 Å². The van der Waals surface area contributed by atoms with Gasteiger partial charge in [0.1, 0.15) is 0 Å². The van der Waals surface area contributed by atoms with Crippen LogP contribution >= 0.6 is 22.6 Å². The number of hydrogen-bond donors (Lipinski definition) is 0. The maximum absolute atomic E-state index is 12.2. The van der Waals surface area contributed by atoms with Crippen molar-refractivity contribution in [2.24, 2.45) is 0 Å². The molecule has 5 heteroatoms. The van der Waals surface area contributed by atoms with E-state index in [1.807, 2.05) is 19.1 Å². The van der Waals surface area contributed by atoms with E-state index >= 15 is 0 Å². The molecule has 1 saturated heterocycles. The van der Waals surface area contributed by atoms with Crippen LogP contribution in [0.4, 0.5) is 0 Å². The minimum absolute atomic E-state index is 0.406. The van der Waals surface area contributed by atoms with E-state index in [-0.39, 0.29) is 0 Å². The molecular weight excluding hydrogens is 337 g/mol. The fraction of sp³-hybridized carbons (Fsp3) is 0.455. The molecule has 1 aliphatic rings. The van der Waals surface area contributed by atoms with E-state index in [1.165, 1.54) is 0 Å². The molecule has 3 nitrogen and oxygen atoms in total. The Morgan fingerprint density at radius 2 is 1.94 bits per heavy atom. The SMILES string of the molecule is Cc1ccc(S(=O)(=O)N2CCC(I)C2)cc1. The molecule has 0 N–H and O–H groups in total. The molecule has 1 unspecified atom stereocenters. The van der Waals surface area contributed by atoms with Gasteiger partial charge in [0.15, 0.2) is 0 Å². The number of nitrogens with zero attached hydrogens (tertiary/aromatic N) is 1. The summed E-state index contributed by atoms with van der Waals surface area (Å²) in [6.07, 6.45) is 0.950. The molecule has 88 valence electrons. The quantitative estimate of drug-likeness (QED) is 0.605. The van der Waals surface area contributed by atoms with Crippen LogP contribution in [-0.4, -0.2) is 29.7 Å². The molecule has 0 aliphatic carbocycles. The van der Waals surface area contributed by atoms with Crippen molar-refractivity contribution in [2.75, 3.05) is 13.1 Å². The predicted molar refractivity (Wildman–Crippen MR) is 72.4 cm³/mol. The first-order valence-electron chi connectivity index (χ1n) is 5.21. The van der Waals surface area contributed by atoms with E-state index in [1.54, 1.807) is 16.4 Å². The number of sulfonamides is 1. The number of halogens is 1. The van der Waals surface area contributed by atoms with Crippen molar-refractivity contribution in [3.05, 3.63) is 29.8 Å². The number of benzene rings is 1. The van der Waals surface area contributed by atoms with Gasteiger partial charge in [-0.15, -0.1) is 0 Å². The van der Waals surface area contributed by atoms with Gasteiger partial charge in [-0.2, -0.15) is 4.31 Å². The van der Waals surface area contributed by atoms with E-state index < -0.39 is 10.0 Å². The van der Waals surface area contributed by atoms with Crippen LogP contribution in [0, 0.1) is 6.92 Å².